The third kappa shape index (κ3) is 3.67. The first-order valence-electron chi connectivity index (χ1n) is 9.11. The first-order chi connectivity index (χ1) is 13.5. The van der Waals surface area contributed by atoms with Crippen LogP contribution >= 0.6 is 15.9 Å². The lowest BCUT2D eigenvalue weighted by atomic mass is 10.2. The van der Waals surface area contributed by atoms with E-state index in [-0.39, 0.29) is 11.7 Å². The monoisotopic (exact) mass is 443 g/mol. The number of anilines is 1. The molecule has 5 nitrogen and oxygen atoms in total. The molecule has 1 aliphatic rings. The molecular weight excluding hydrogens is 425 g/mol. The molecule has 0 bridgehead atoms. The molecular formula is C21H19BrFN3O2. The Morgan fingerprint density at radius 3 is 2.79 bits per heavy atom. The van der Waals surface area contributed by atoms with E-state index in [2.05, 4.69) is 21.2 Å². The molecule has 28 heavy (non-hydrogen) atoms. The first-order valence-corrected chi connectivity index (χ1v) is 9.91. The summed E-state index contributed by atoms with van der Waals surface area (Å²) in [7, 11) is 0. The fraction of sp³-hybridized carbons (Fsp3) is 0.238. The molecule has 1 N–H and O–H groups in total. The second kappa shape index (κ2) is 7.75. The number of rotatable bonds is 5. The summed E-state index contributed by atoms with van der Waals surface area (Å²) in [6.07, 6.45) is 2.06. The van der Waals surface area contributed by atoms with E-state index in [1.54, 1.807) is 11.6 Å². The second-order valence-electron chi connectivity index (χ2n) is 6.70. The normalized spacial score (nSPS) is 13.8. The van der Waals surface area contributed by atoms with Gasteiger partial charge in [0.2, 0.25) is 0 Å². The number of aromatic nitrogens is 2. The maximum absolute atomic E-state index is 13.3. The van der Waals surface area contributed by atoms with Gasteiger partial charge in [-0.2, -0.15) is 5.10 Å². The van der Waals surface area contributed by atoms with E-state index in [0.29, 0.717) is 16.0 Å². The zero-order valence-electron chi connectivity index (χ0n) is 15.3. The van der Waals surface area contributed by atoms with Crippen molar-refractivity contribution in [1.82, 2.24) is 9.78 Å². The van der Waals surface area contributed by atoms with Gasteiger partial charge in [0, 0.05) is 5.56 Å². The third-order valence-corrected chi connectivity index (χ3v) is 5.34. The first kappa shape index (κ1) is 18.7. The van der Waals surface area contributed by atoms with Crippen molar-refractivity contribution in [1.29, 1.82) is 0 Å². The minimum Gasteiger partial charge on any atom is -0.480 e. The van der Waals surface area contributed by atoms with Crippen LogP contribution in [0.1, 0.15) is 24.6 Å². The number of para-hydroxylation sites is 1. The minimum absolute atomic E-state index is 0.289. The quantitative estimate of drug-likeness (QED) is 0.623. The number of hydrogen-bond donors (Lipinski definition) is 1. The van der Waals surface area contributed by atoms with Crippen LogP contribution in [-0.4, -0.2) is 21.8 Å². The van der Waals surface area contributed by atoms with E-state index < -0.39 is 6.10 Å². The lowest BCUT2D eigenvalue weighted by Crippen LogP contribution is -2.31. The van der Waals surface area contributed by atoms with E-state index in [9.17, 15) is 9.18 Å². The van der Waals surface area contributed by atoms with Crippen LogP contribution in [-0.2, 0) is 17.6 Å². The number of nitrogens with zero attached hydrogens (tertiary/aromatic N) is 2. The van der Waals surface area contributed by atoms with Crippen LogP contribution in [0, 0.1) is 5.82 Å². The Kier molecular flexibility index (Phi) is 5.17. The van der Waals surface area contributed by atoms with Crippen LogP contribution in [0.4, 0.5) is 10.2 Å². The average molecular weight is 444 g/mol. The second-order valence-corrected chi connectivity index (χ2v) is 7.55. The largest absolute Gasteiger partial charge is 0.480 e. The van der Waals surface area contributed by atoms with Gasteiger partial charge in [0.15, 0.2) is 6.10 Å². The number of carbonyl (C=O) groups is 1. The van der Waals surface area contributed by atoms with E-state index in [1.807, 2.05) is 30.3 Å². The highest BCUT2D eigenvalue weighted by Gasteiger charge is 2.26. The van der Waals surface area contributed by atoms with E-state index in [4.69, 9.17) is 9.84 Å². The number of halogens is 2. The molecule has 1 heterocycles. The Morgan fingerprint density at radius 2 is 2.04 bits per heavy atom. The van der Waals surface area contributed by atoms with Crippen LogP contribution in [0.3, 0.4) is 0 Å². The molecule has 1 aromatic heterocycles. The van der Waals surface area contributed by atoms with Gasteiger partial charge in [-0.25, -0.2) is 9.07 Å². The molecule has 1 unspecified atom stereocenters. The fourth-order valence-corrected chi connectivity index (χ4v) is 3.75. The van der Waals surface area contributed by atoms with Crippen molar-refractivity contribution < 1.29 is 13.9 Å². The number of amides is 1. The van der Waals surface area contributed by atoms with Gasteiger partial charge in [-0.3, -0.25) is 4.79 Å². The summed E-state index contributed by atoms with van der Waals surface area (Å²) in [5.74, 6) is 0.435. The van der Waals surface area contributed by atoms with Gasteiger partial charge < -0.3 is 10.1 Å². The van der Waals surface area contributed by atoms with E-state index >= 15 is 0 Å². The lowest BCUT2D eigenvalue weighted by molar-refractivity contribution is -0.122. The molecule has 7 heteroatoms. The molecule has 3 aromatic rings. The smallest absolute Gasteiger partial charge is 0.266 e. The molecule has 144 valence electrons. The molecule has 2 aromatic carbocycles. The number of hydrogen-bond acceptors (Lipinski definition) is 3. The summed E-state index contributed by atoms with van der Waals surface area (Å²) < 4.78 is 21.2. The van der Waals surface area contributed by atoms with Crippen molar-refractivity contribution in [2.75, 3.05) is 5.32 Å². The van der Waals surface area contributed by atoms with Gasteiger partial charge in [0.25, 0.3) is 5.91 Å². The van der Waals surface area contributed by atoms with Crippen molar-refractivity contribution in [3.05, 3.63) is 70.1 Å². The van der Waals surface area contributed by atoms with Crippen molar-refractivity contribution >= 4 is 27.7 Å². The van der Waals surface area contributed by atoms with Gasteiger partial charge >= 0.3 is 0 Å². The summed E-state index contributed by atoms with van der Waals surface area (Å²) in [4.78, 5) is 12.8. The van der Waals surface area contributed by atoms with Crippen LogP contribution in [0.25, 0.3) is 5.69 Å². The summed E-state index contributed by atoms with van der Waals surface area (Å²) in [5, 5.41) is 7.68. The molecule has 1 aliphatic carbocycles. The van der Waals surface area contributed by atoms with Crippen LogP contribution in [0.2, 0.25) is 0 Å². The highest BCUT2D eigenvalue weighted by molar-refractivity contribution is 9.10. The van der Waals surface area contributed by atoms with Crippen LogP contribution in [0.5, 0.6) is 5.75 Å². The minimum atomic E-state index is -0.766. The van der Waals surface area contributed by atoms with Crippen molar-refractivity contribution in [3.63, 3.8) is 0 Å². The van der Waals surface area contributed by atoms with Gasteiger partial charge in [0.05, 0.1) is 15.9 Å². The highest BCUT2D eigenvalue weighted by atomic mass is 79.9. The summed E-state index contributed by atoms with van der Waals surface area (Å²) >= 11 is 3.26. The Labute approximate surface area is 170 Å². The fourth-order valence-electron chi connectivity index (χ4n) is 3.31. The Bertz CT molecular complexity index is 1020. The Hall–Kier alpha value is -2.67. The summed E-state index contributed by atoms with van der Waals surface area (Å²) in [5.41, 5.74) is 2.99. The molecule has 0 aliphatic heterocycles. The zero-order valence-corrected chi connectivity index (χ0v) is 16.9. The summed E-state index contributed by atoms with van der Waals surface area (Å²) in [6, 6.07) is 13.8. The average Bonchev–Trinajstić information content (AvgIpc) is 3.27. The van der Waals surface area contributed by atoms with Crippen LogP contribution < -0.4 is 10.1 Å². The third-order valence-electron chi connectivity index (χ3n) is 4.72. The number of fused-ring (bicyclic) bond motifs is 1. The maximum Gasteiger partial charge on any atom is 0.266 e. The molecule has 0 saturated carbocycles. The highest BCUT2D eigenvalue weighted by Crippen LogP contribution is 2.31. The van der Waals surface area contributed by atoms with E-state index in [1.165, 1.54) is 18.2 Å². The van der Waals surface area contributed by atoms with Gasteiger partial charge in [-0.1, -0.05) is 18.2 Å². The van der Waals surface area contributed by atoms with Crippen molar-refractivity contribution in [3.8, 4) is 11.4 Å². The van der Waals surface area contributed by atoms with Gasteiger partial charge in [0.1, 0.15) is 17.4 Å². The zero-order chi connectivity index (χ0) is 19.7. The standard InChI is InChI=1S/C21H19BrFN3O2/c1-13(28-19-11-10-14(23)12-17(19)22)21(27)24-20-16-8-5-9-18(16)25-26(20)15-6-3-2-4-7-15/h2-4,6-7,10-13H,5,8-9H2,1H3,(H,24,27). The van der Waals surface area contributed by atoms with Gasteiger partial charge in [-0.15, -0.1) is 0 Å². The predicted octanol–water partition coefficient (Wildman–Crippen LogP) is 4.67. The number of ether oxygens (including phenoxy) is 1. The molecule has 0 saturated heterocycles. The lowest BCUT2D eigenvalue weighted by Gasteiger charge is -2.17. The molecule has 0 spiro atoms. The van der Waals surface area contributed by atoms with Crippen molar-refractivity contribution in [2.45, 2.75) is 32.3 Å². The van der Waals surface area contributed by atoms with Crippen LogP contribution in [0.15, 0.2) is 53.0 Å². The summed E-state index contributed by atoms with van der Waals surface area (Å²) in [6.45, 7) is 1.66. The maximum atomic E-state index is 13.3. The molecule has 0 radical (unpaired) electrons. The number of nitrogens with one attached hydrogen (secondary N) is 1. The Balaban J connectivity index is 1.57. The topological polar surface area (TPSA) is 56.1 Å². The van der Waals surface area contributed by atoms with Gasteiger partial charge in [-0.05, 0) is 72.4 Å². The number of benzene rings is 2. The molecule has 4 rings (SSSR count). The Morgan fingerprint density at radius 1 is 1.25 bits per heavy atom. The number of carbonyl (C=O) groups excluding carboxylic acids is 1. The SMILES string of the molecule is CC(Oc1ccc(F)cc1Br)C(=O)Nc1c2c(nn1-c1ccccc1)CCC2. The molecule has 1 atom stereocenters. The number of aryl methyl sites for hydroxylation is 1. The molecule has 1 amide bonds. The van der Waals surface area contributed by atoms with E-state index in [0.717, 1.165) is 36.2 Å². The van der Waals surface area contributed by atoms with Crippen molar-refractivity contribution in [2.24, 2.45) is 0 Å². The molecule has 0 fully saturated rings. The predicted molar refractivity (Wildman–Crippen MR) is 108 cm³/mol.